The minimum atomic E-state index is -4.40. The van der Waals surface area contributed by atoms with E-state index >= 15 is 0 Å². The lowest BCUT2D eigenvalue weighted by Crippen LogP contribution is -2.52. The van der Waals surface area contributed by atoms with Crippen LogP contribution in [0.4, 0.5) is 13.2 Å². The van der Waals surface area contributed by atoms with Crippen LogP contribution in [0.5, 0.6) is 0 Å². The summed E-state index contributed by atoms with van der Waals surface area (Å²) in [7, 11) is -4.40. The van der Waals surface area contributed by atoms with Crippen molar-refractivity contribution in [1.29, 1.82) is 0 Å². The van der Waals surface area contributed by atoms with Gasteiger partial charge in [-0.2, -0.15) is 0 Å². The maximum absolute atomic E-state index is 11.7. The lowest BCUT2D eigenvalue weighted by Gasteiger charge is -2.27. The average molecular weight is 197 g/mol. The van der Waals surface area contributed by atoms with Crippen molar-refractivity contribution in [3.8, 4) is 0 Å². The Labute approximate surface area is 61.7 Å². The van der Waals surface area contributed by atoms with Gasteiger partial charge in [0.1, 0.15) is 0 Å². The summed E-state index contributed by atoms with van der Waals surface area (Å²) >= 11 is 0. The molecule has 7 heteroatoms. The molecule has 2 nitrogen and oxygen atoms in total. The van der Waals surface area contributed by atoms with Crippen molar-refractivity contribution in [3.63, 3.8) is 0 Å². The molecule has 1 aliphatic rings. The largest absolute Gasteiger partial charge is 0.239 e. The molecule has 10 heavy (non-hydrogen) atoms. The molecule has 0 amide bonds. The number of halogens is 4. The van der Waals surface area contributed by atoms with Gasteiger partial charge < -0.3 is 0 Å². The molecule has 1 heterocycles. The summed E-state index contributed by atoms with van der Waals surface area (Å²) in [5.41, 5.74) is -5.29. The standard InChI is InChI=1S/C3H3F3O2S.ClH/c4-1-2(5)9(7,8)3(1)6;/h1-3H;1H. The zero-order valence-electron chi connectivity index (χ0n) is 4.50. The van der Waals surface area contributed by atoms with Gasteiger partial charge in [0.15, 0.2) is 6.17 Å². The van der Waals surface area contributed by atoms with Crippen LogP contribution in [0, 0.1) is 0 Å². The summed E-state index contributed by atoms with van der Waals surface area (Å²) in [4.78, 5) is 0. The van der Waals surface area contributed by atoms with Crippen molar-refractivity contribution in [2.24, 2.45) is 0 Å². The molecule has 0 radical (unpaired) electrons. The summed E-state index contributed by atoms with van der Waals surface area (Å²) in [6.07, 6.45) is -2.48. The molecule has 2 unspecified atom stereocenters. The second-order valence-electron chi connectivity index (χ2n) is 1.74. The minimum absolute atomic E-state index is 0. The predicted molar refractivity (Wildman–Crippen MR) is 30.9 cm³/mol. The van der Waals surface area contributed by atoms with Crippen LogP contribution in [-0.4, -0.2) is 25.6 Å². The van der Waals surface area contributed by atoms with E-state index in [0.29, 0.717) is 0 Å². The molecule has 62 valence electrons. The molecule has 0 N–H and O–H groups in total. The second-order valence-corrected chi connectivity index (χ2v) is 3.81. The van der Waals surface area contributed by atoms with Gasteiger partial charge in [0.2, 0.25) is 20.8 Å². The molecule has 0 aliphatic carbocycles. The zero-order chi connectivity index (χ0) is 7.23. The third-order valence-electron chi connectivity index (χ3n) is 1.13. The third-order valence-corrected chi connectivity index (χ3v) is 2.90. The minimum Gasteiger partial charge on any atom is -0.239 e. The first kappa shape index (κ1) is 10.0. The van der Waals surface area contributed by atoms with Gasteiger partial charge in [0, 0.05) is 0 Å². The van der Waals surface area contributed by atoms with E-state index in [2.05, 4.69) is 0 Å². The molecular weight excluding hydrogens is 193 g/mol. The van der Waals surface area contributed by atoms with Gasteiger partial charge in [-0.3, -0.25) is 0 Å². The van der Waals surface area contributed by atoms with Crippen LogP contribution in [0.1, 0.15) is 0 Å². The first-order valence-electron chi connectivity index (χ1n) is 2.13. The molecule has 1 aliphatic heterocycles. The van der Waals surface area contributed by atoms with Gasteiger partial charge in [0.05, 0.1) is 0 Å². The Balaban J connectivity index is 0.000000810. The van der Waals surface area contributed by atoms with Crippen molar-refractivity contribution in [1.82, 2.24) is 0 Å². The van der Waals surface area contributed by atoms with Gasteiger partial charge in [-0.1, -0.05) is 0 Å². The highest BCUT2D eigenvalue weighted by atomic mass is 35.5. The van der Waals surface area contributed by atoms with Crippen LogP contribution in [0.25, 0.3) is 0 Å². The van der Waals surface area contributed by atoms with Gasteiger partial charge in [-0.15, -0.1) is 12.4 Å². The summed E-state index contributed by atoms with van der Waals surface area (Å²) < 4.78 is 55.1. The van der Waals surface area contributed by atoms with E-state index in [1.807, 2.05) is 0 Å². The molecule has 1 rings (SSSR count). The fraction of sp³-hybridized carbons (Fsp3) is 1.00. The zero-order valence-corrected chi connectivity index (χ0v) is 6.13. The Morgan fingerprint density at radius 2 is 1.30 bits per heavy atom. The normalized spacial score (nSPS) is 43.3. The fourth-order valence-corrected chi connectivity index (χ4v) is 1.49. The van der Waals surface area contributed by atoms with Crippen LogP contribution >= 0.6 is 12.4 Å². The second kappa shape index (κ2) is 2.58. The van der Waals surface area contributed by atoms with Crippen LogP contribution in [0.3, 0.4) is 0 Å². The first-order chi connectivity index (χ1) is 3.98. The molecule has 0 aromatic rings. The molecule has 0 saturated carbocycles. The summed E-state index contributed by atoms with van der Waals surface area (Å²) in [6.45, 7) is 0. The van der Waals surface area contributed by atoms with E-state index in [1.165, 1.54) is 0 Å². The molecule has 0 spiro atoms. The van der Waals surface area contributed by atoms with Crippen molar-refractivity contribution in [3.05, 3.63) is 0 Å². The topological polar surface area (TPSA) is 34.1 Å². The van der Waals surface area contributed by atoms with E-state index in [9.17, 15) is 21.6 Å². The molecule has 0 bridgehead atoms. The number of rotatable bonds is 0. The van der Waals surface area contributed by atoms with Gasteiger partial charge in [0.25, 0.3) is 0 Å². The fourth-order valence-electron chi connectivity index (χ4n) is 0.516. The molecule has 0 aromatic heterocycles. The van der Waals surface area contributed by atoms with Gasteiger partial charge in [-0.25, -0.2) is 21.6 Å². The third kappa shape index (κ3) is 0.989. The molecule has 0 aromatic carbocycles. The van der Waals surface area contributed by atoms with Crippen molar-refractivity contribution in [2.75, 3.05) is 0 Å². The number of hydrogen-bond donors (Lipinski definition) is 0. The highest BCUT2D eigenvalue weighted by molar-refractivity contribution is 7.93. The molecule has 1 fully saturated rings. The quantitative estimate of drug-likeness (QED) is 0.574. The Morgan fingerprint density at radius 3 is 1.40 bits per heavy atom. The average Bonchev–Trinajstić information content (AvgIpc) is 1.84. The van der Waals surface area contributed by atoms with Gasteiger partial charge in [-0.05, 0) is 0 Å². The number of alkyl halides is 3. The number of sulfone groups is 1. The number of hydrogen-bond acceptors (Lipinski definition) is 2. The van der Waals surface area contributed by atoms with Crippen LogP contribution in [-0.2, 0) is 9.84 Å². The SMILES string of the molecule is Cl.O=S1(=O)C(F)C(F)C1F. The lowest BCUT2D eigenvalue weighted by molar-refractivity contribution is 0.120. The first-order valence-corrected chi connectivity index (χ1v) is 3.74. The van der Waals surface area contributed by atoms with Crippen molar-refractivity contribution < 1.29 is 21.6 Å². The Kier molecular flexibility index (Phi) is 2.59. The van der Waals surface area contributed by atoms with Crippen molar-refractivity contribution >= 4 is 22.2 Å². The van der Waals surface area contributed by atoms with Crippen molar-refractivity contribution in [2.45, 2.75) is 17.2 Å². The van der Waals surface area contributed by atoms with E-state index in [4.69, 9.17) is 0 Å². The van der Waals surface area contributed by atoms with E-state index in [-0.39, 0.29) is 12.4 Å². The highest BCUT2D eigenvalue weighted by Crippen LogP contribution is 2.34. The Bertz CT molecular complexity index is 200. The monoisotopic (exact) mass is 196 g/mol. The highest BCUT2D eigenvalue weighted by Gasteiger charge is 2.58. The summed E-state index contributed by atoms with van der Waals surface area (Å²) in [5.74, 6) is 0. The van der Waals surface area contributed by atoms with Gasteiger partial charge >= 0.3 is 0 Å². The molecular formula is C3H4ClF3O2S. The summed E-state index contributed by atoms with van der Waals surface area (Å²) in [5, 5.41) is 0. The lowest BCUT2D eigenvalue weighted by atomic mass is 10.4. The van der Waals surface area contributed by atoms with Crippen LogP contribution in [0.15, 0.2) is 0 Å². The van der Waals surface area contributed by atoms with E-state index < -0.39 is 27.0 Å². The van der Waals surface area contributed by atoms with Crippen LogP contribution in [0.2, 0.25) is 0 Å². The van der Waals surface area contributed by atoms with E-state index in [1.54, 1.807) is 0 Å². The maximum Gasteiger partial charge on any atom is 0.238 e. The Hall–Kier alpha value is 0.0300. The maximum atomic E-state index is 11.7. The van der Waals surface area contributed by atoms with Crippen LogP contribution < -0.4 is 0 Å². The summed E-state index contributed by atoms with van der Waals surface area (Å²) in [6, 6.07) is 0. The Morgan fingerprint density at radius 1 is 1.00 bits per heavy atom. The molecule has 2 atom stereocenters. The smallest absolute Gasteiger partial charge is 0.238 e. The van der Waals surface area contributed by atoms with E-state index in [0.717, 1.165) is 0 Å². The molecule has 1 saturated heterocycles. The predicted octanol–water partition coefficient (Wildman–Crippen LogP) is 0.766.